The molecular weight excluding hydrogens is 295 g/mol. The summed E-state index contributed by atoms with van der Waals surface area (Å²) in [4.78, 5) is 0. The number of hydrogen-bond donors (Lipinski definition) is 1. The van der Waals surface area contributed by atoms with Gasteiger partial charge in [0.15, 0.2) is 0 Å². The molecule has 0 radical (unpaired) electrons. The summed E-state index contributed by atoms with van der Waals surface area (Å²) >= 11 is 4.42. The highest BCUT2D eigenvalue weighted by molar-refractivity contribution is 9.10. The molecule has 2 rings (SSSR count). The number of benzene rings is 1. The van der Waals surface area contributed by atoms with Crippen molar-refractivity contribution in [1.82, 2.24) is 9.59 Å². The highest BCUT2D eigenvalue weighted by atomic mass is 79.9. The average molecular weight is 303 g/mol. The quantitative estimate of drug-likeness (QED) is 0.948. The summed E-state index contributed by atoms with van der Waals surface area (Å²) in [6, 6.07) is 4.64. The average Bonchev–Trinajstić information content (AvgIpc) is 2.76. The number of rotatable bonds is 3. The second-order valence-corrected chi connectivity index (χ2v) is 4.81. The first kappa shape index (κ1) is 11.6. The van der Waals surface area contributed by atoms with E-state index >= 15 is 0 Å². The zero-order valence-electron chi connectivity index (χ0n) is 8.10. The molecule has 2 aromatic rings. The molecule has 0 aliphatic carbocycles. The van der Waals surface area contributed by atoms with E-state index in [0.717, 1.165) is 16.0 Å². The topological polar surface area (TPSA) is 46.0 Å². The molecule has 84 valence electrons. The molecule has 16 heavy (non-hydrogen) atoms. The molecule has 0 fully saturated rings. The summed E-state index contributed by atoms with van der Waals surface area (Å²) in [5.74, 6) is -0.328. The van der Waals surface area contributed by atoms with Gasteiger partial charge in [0.2, 0.25) is 0 Å². The molecule has 1 aromatic carbocycles. The van der Waals surface area contributed by atoms with Crippen LogP contribution in [0.1, 0.15) is 17.4 Å². The Kier molecular flexibility index (Phi) is 3.63. The molecule has 1 atom stereocenters. The van der Waals surface area contributed by atoms with Crippen molar-refractivity contribution in [2.24, 2.45) is 0 Å². The fourth-order valence-corrected chi connectivity index (χ4v) is 2.24. The first-order valence-corrected chi connectivity index (χ1v) is 6.18. The van der Waals surface area contributed by atoms with Gasteiger partial charge in [0, 0.05) is 16.3 Å². The highest BCUT2D eigenvalue weighted by Crippen LogP contribution is 2.22. The van der Waals surface area contributed by atoms with Gasteiger partial charge in [0.05, 0.1) is 0 Å². The van der Waals surface area contributed by atoms with E-state index < -0.39 is 6.10 Å². The minimum absolute atomic E-state index is 0.191. The van der Waals surface area contributed by atoms with Gasteiger partial charge in [-0.05, 0) is 35.3 Å². The van der Waals surface area contributed by atoms with Gasteiger partial charge in [0.1, 0.15) is 17.6 Å². The molecule has 0 aliphatic heterocycles. The Morgan fingerprint density at radius 2 is 2.31 bits per heavy atom. The molecular formula is C10H8BrFN2OS. The smallest absolute Gasteiger partial charge is 0.126 e. The van der Waals surface area contributed by atoms with Gasteiger partial charge < -0.3 is 5.11 Å². The summed E-state index contributed by atoms with van der Waals surface area (Å²) in [5, 5.41) is 15.2. The SMILES string of the molecule is OC(Cc1cc(Br)ccc1F)c1csnn1. The van der Waals surface area contributed by atoms with Crippen LogP contribution in [0.25, 0.3) is 0 Å². The van der Waals surface area contributed by atoms with Gasteiger partial charge in [-0.3, -0.25) is 0 Å². The lowest BCUT2D eigenvalue weighted by atomic mass is 10.1. The van der Waals surface area contributed by atoms with Crippen LogP contribution < -0.4 is 0 Å². The van der Waals surface area contributed by atoms with Crippen LogP contribution in [0.3, 0.4) is 0 Å². The second-order valence-electron chi connectivity index (χ2n) is 3.29. The molecule has 0 aliphatic rings. The zero-order valence-corrected chi connectivity index (χ0v) is 10.5. The van der Waals surface area contributed by atoms with Crippen molar-refractivity contribution in [3.63, 3.8) is 0 Å². The summed E-state index contributed by atoms with van der Waals surface area (Å²) in [7, 11) is 0. The molecule has 0 amide bonds. The molecule has 6 heteroatoms. The lowest BCUT2D eigenvalue weighted by molar-refractivity contribution is 0.172. The zero-order chi connectivity index (χ0) is 11.5. The van der Waals surface area contributed by atoms with Crippen LogP contribution in [0, 0.1) is 5.82 Å². The van der Waals surface area contributed by atoms with Crippen LogP contribution in [0.2, 0.25) is 0 Å². The maximum Gasteiger partial charge on any atom is 0.126 e. The number of aromatic nitrogens is 2. The molecule has 1 heterocycles. The summed E-state index contributed by atoms with van der Waals surface area (Å²) in [5.41, 5.74) is 0.930. The number of aliphatic hydroxyl groups is 1. The molecule has 3 nitrogen and oxygen atoms in total. The van der Waals surface area contributed by atoms with Crippen molar-refractivity contribution >= 4 is 27.5 Å². The van der Waals surface area contributed by atoms with Crippen LogP contribution in [-0.4, -0.2) is 14.7 Å². The normalized spacial score (nSPS) is 12.7. The minimum Gasteiger partial charge on any atom is -0.386 e. The minimum atomic E-state index is -0.817. The monoisotopic (exact) mass is 302 g/mol. The Hall–Kier alpha value is -0.850. The predicted molar refractivity (Wildman–Crippen MR) is 62.7 cm³/mol. The molecule has 0 saturated heterocycles. The molecule has 0 bridgehead atoms. The summed E-state index contributed by atoms with van der Waals surface area (Å²) in [6.07, 6.45) is -0.626. The van der Waals surface area contributed by atoms with Crippen LogP contribution in [-0.2, 0) is 6.42 Å². The van der Waals surface area contributed by atoms with E-state index in [4.69, 9.17) is 0 Å². The third kappa shape index (κ3) is 2.63. The lowest BCUT2D eigenvalue weighted by Crippen LogP contribution is -2.04. The lowest BCUT2D eigenvalue weighted by Gasteiger charge is -2.08. The number of hydrogen-bond acceptors (Lipinski definition) is 4. The van der Waals surface area contributed by atoms with Crippen LogP contribution >= 0.6 is 27.5 Å². The van der Waals surface area contributed by atoms with Crippen LogP contribution in [0.4, 0.5) is 4.39 Å². The number of nitrogens with zero attached hydrogens (tertiary/aromatic N) is 2. The maximum absolute atomic E-state index is 13.4. The Bertz CT molecular complexity index is 478. The molecule has 0 spiro atoms. The van der Waals surface area contributed by atoms with E-state index in [2.05, 4.69) is 25.5 Å². The second kappa shape index (κ2) is 4.99. The molecule has 0 saturated carbocycles. The van der Waals surface area contributed by atoms with Gasteiger partial charge in [-0.25, -0.2) is 4.39 Å². The van der Waals surface area contributed by atoms with Gasteiger partial charge in [0.25, 0.3) is 0 Å². The van der Waals surface area contributed by atoms with Crippen LogP contribution in [0.15, 0.2) is 28.1 Å². The van der Waals surface area contributed by atoms with Gasteiger partial charge in [-0.1, -0.05) is 20.4 Å². The van der Waals surface area contributed by atoms with Crippen molar-refractivity contribution in [1.29, 1.82) is 0 Å². The highest BCUT2D eigenvalue weighted by Gasteiger charge is 2.14. The van der Waals surface area contributed by atoms with Crippen molar-refractivity contribution in [3.05, 3.63) is 45.1 Å². The first-order valence-electron chi connectivity index (χ1n) is 4.56. The Morgan fingerprint density at radius 1 is 1.50 bits per heavy atom. The van der Waals surface area contributed by atoms with E-state index in [-0.39, 0.29) is 12.2 Å². The standard InChI is InChI=1S/C10H8BrFN2OS/c11-7-1-2-8(12)6(3-7)4-10(15)9-5-16-14-13-9/h1-3,5,10,15H,4H2. The van der Waals surface area contributed by atoms with Crippen molar-refractivity contribution in [2.45, 2.75) is 12.5 Å². The Morgan fingerprint density at radius 3 is 3.00 bits per heavy atom. The van der Waals surface area contributed by atoms with E-state index in [1.165, 1.54) is 6.07 Å². The van der Waals surface area contributed by atoms with Crippen molar-refractivity contribution < 1.29 is 9.50 Å². The number of aliphatic hydroxyl groups excluding tert-OH is 1. The predicted octanol–water partition coefficient (Wildman–Crippen LogP) is 2.72. The molecule has 1 aromatic heterocycles. The van der Waals surface area contributed by atoms with E-state index in [1.54, 1.807) is 17.5 Å². The summed E-state index contributed by atoms with van der Waals surface area (Å²) < 4.78 is 17.8. The fraction of sp³-hybridized carbons (Fsp3) is 0.200. The van der Waals surface area contributed by atoms with Crippen molar-refractivity contribution in [2.75, 3.05) is 0 Å². The largest absolute Gasteiger partial charge is 0.386 e. The van der Waals surface area contributed by atoms with Crippen LogP contribution in [0.5, 0.6) is 0 Å². The third-order valence-electron chi connectivity index (χ3n) is 2.14. The van der Waals surface area contributed by atoms with Crippen molar-refractivity contribution in [3.8, 4) is 0 Å². The summed E-state index contributed by atoms with van der Waals surface area (Å²) in [6.45, 7) is 0. The Balaban J connectivity index is 2.17. The van der Waals surface area contributed by atoms with E-state index in [9.17, 15) is 9.50 Å². The van der Waals surface area contributed by atoms with E-state index in [0.29, 0.717) is 11.3 Å². The van der Waals surface area contributed by atoms with Gasteiger partial charge in [-0.15, -0.1) is 5.10 Å². The maximum atomic E-state index is 13.4. The van der Waals surface area contributed by atoms with Gasteiger partial charge >= 0.3 is 0 Å². The third-order valence-corrected chi connectivity index (χ3v) is 3.16. The fourth-order valence-electron chi connectivity index (χ4n) is 1.33. The Labute approximate surface area is 104 Å². The number of halogens is 2. The molecule has 1 N–H and O–H groups in total. The van der Waals surface area contributed by atoms with Gasteiger partial charge in [-0.2, -0.15) is 0 Å². The molecule has 1 unspecified atom stereocenters. The van der Waals surface area contributed by atoms with E-state index in [1.807, 2.05) is 0 Å². The first-order chi connectivity index (χ1) is 7.66.